The van der Waals surface area contributed by atoms with Crippen LogP contribution in [0.1, 0.15) is 12.5 Å². The number of ether oxygens (including phenoxy) is 1. The molecule has 3 heteroatoms. The van der Waals surface area contributed by atoms with Gasteiger partial charge in [0.25, 0.3) is 0 Å². The Hall–Kier alpha value is -0.180. The summed E-state index contributed by atoms with van der Waals surface area (Å²) in [4.78, 5) is 0. The molecule has 2 nitrogen and oxygen atoms in total. The first-order chi connectivity index (χ1) is 5.29. The van der Waals surface area contributed by atoms with Gasteiger partial charge in [0, 0.05) is 29.6 Å². The normalized spacial score (nSPS) is 8.83. The standard InChI is InChI=1S/C9H12O2.Na/c1-3-7-5-4-6-8(11-2)9(7)10;/h4-6,10H,3H2,1-2H3;. The molecule has 1 radical (unpaired) electrons. The molecule has 0 unspecified atom stereocenters. The minimum Gasteiger partial charge on any atom is -0.504 e. The summed E-state index contributed by atoms with van der Waals surface area (Å²) >= 11 is 0. The molecule has 0 saturated carbocycles. The number of benzene rings is 1. The summed E-state index contributed by atoms with van der Waals surface area (Å²) in [6.45, 7) is 1.99. The zero-order chi connectivity index (χ0) is 8.27. The van der Waals surface area contributed by atoms with Gasteiger partial charge in [-0.1, -0.05) is 19.1 Å². The van der Waals surface area contributed by atoms with E-state index in [1.54, 1.807) is 13.2 Å². The zero-order valence-electron chi connectivity index (χ0n) is 7.79. The summed E-state index contributed by atoms with van der Waals surface area (Å²) in [5.74, 6) is 0.807. The Morgan fingerprint density at radius 1 is 1.42 bits per heavy atom. The third kappa shape index (κ3) is 2.41. The summed E-state index contributed by atoms with van der Waals surface area (Å²) in [5.41, 5.74) is 0.921. The molecule has 0 fully saturated rings. The molecule has 1 N–H and O–H groups in total. The number of phenols is 1. The monoisotopic (exact) mass is 175 g/mol. The van der Waals surface area contributed by atoms with Crippen molar-refractivity contribution >= 4 is 29.6 Å². The third-order valence-corrected chi connectivity index (χ3v) is 1.68. The molecule has 1 aromatic rings. The van der Waals surface area contributed by atoms with Gasteiger partial charge in [-0.05, 0) is 18.1 Å². The molecule has 0 amide bonds. The zero-order valence-corrected chi connectivity index (χ0v) is 9.79. The smallest absolute Gasteiger partial charge is 0.160 e. The Labute approximate surface area is 94.8 Å². The predicted molar refractivity (Wildman–Crippen MR) is 49.8 cm³/mol. The molecule has 12 heavy (non-hydrogen) atoms. The maximum Gasteiger partial charge on any atom is 0.160 e. The average Bonchev–Trinajstić information content (AvgIpc) is 2.05. The first-order valence-electron chi connectivity index (χ1n) is 3.64. The number of methoxy groups -OCH3 is 1. The van der Waals surface area contributed by atoms with Gasteiger partial charge < -0.3 is 9.84 Å². The maximum absolute atomic E-state index is 9.46. The van der Waals surface area contributed by atoms with E-state index in [0.29, 0.717) is 5.75 Å². The number of hydrogen-bond acceptors (Lipinski definition) is 2. The molecule has 0 heterocycles. The Balaban J connectivity index is 0.00000121. The fourth-order valence-electron chi connectivity index (χ4n) is 1.02. The van der Waals surface area contributed by atoms with Crippen LogP contribution in [0.4, 0.5) is 0 Å². The van der Waals surface area contributed by atoms with Gasteiger partial charge in [-0.25, -0.2) is 0 Å². The van der Waals surface area contributed by atoms with Gasteiger partial charge in [-0.3, -0.25) is 0 Å². The molecule has 0 bridgehead atoms. The quantitative estimate of drug-likeness (QED) is 0.691. The van der Waals surface area contributed by atoms with Crippen molar-refractivity contribution < 1.29 is 9.84 Å². The maximum atomic E-state index is 9.46. The van der Waals surface area contributed by atoms with Crippen molar-refractivity contribution in [3.8, 4) is 11.5 Å². The van der Waals surface area contributed by atoms with Crippen LogP contribution in [0, 0.1) is 0 Å². The molecule has 0 saturated heterocycles. The number of para-hydroxylation sites is 1. The summed E-state index contributed by atoms with van der Waals surface area (Å²) in [7, 11) is 1.55. The second kappa shape index (κ2) is 5.46. The molecule has 0 aliphatic carbocycles. The van der Waals surface area contributed by atoms with Gasteiger partial charge in [0.05, 0.1) is 7.11 Å². The summed E-state index contributed by atoms with van der Waals surface area (Å²) in [5, 5.41) is 9.46. The molecular weight excluding hydrogens is 163 g/mol. The average molecular weight is 175 g/mol. The van der Waals surface area contributed by atoms with Gasteiger partial charge in [0.1, 0.15) is 0 Å². The van der Waals surface area contributed by atoms with Gasteiger partial charge in [-0.15, -0.1) is 0 Å². The summed E-state index contributed by atoms with van der Waals surface area (Å²) in [6.07, 6.45) is 0.822. The van der Waals surface area contributed by atoms with E-state index in [-0.39, 0.29) is 35.3 Å². The van der Waals surface area contributed by atoms with E-state index < -0.39 is 0 Å². The number of aryl methyl sites for hydroxylation is 1. The van der Waals surface area contributed by atoms with Crippen LogP contribution in [-0.4, -0.2) is 41.8 Å². The van der Waals surface area contributed by atoms with Crippen molar-refractivity contribution in [2.75, 3.05) is 7.11 Å². The first kappa shape index (κ1) is 11.8. The van der Waals surface area contributed by atoms with Crippen LogP contribution < -0.4 is 4.74 Å². The molecule has 1 aromatic carbocycles. The Morgan fingerprint density at radius 3 is 2.58 bits per heavy atom. The van der Waals surface area contributed by atoms with Crippen molar-refractivity contribution in [3.63, 3.8) is 0 Å². The summed E-state index contributed by atoms with van der Waals surface area (Å²) in [6, 6.07) is 5.50. The number of hydrogen-bond donors (Lipinski definition) is 1. The largest absolute Gasteiger partial charge is 0.504 e. The second-order valence-corrected chi connectivity index (χ2v) is 2.32. The van der Waals surface area contributed by atoms with E-state index in [1.165, 1.54) is 0 Å². The Morgan fingerprint density at radius 2 is 2.08 bits per heavy atom. The van der Waals surface area contributed by atoms with Crippen molar-refractivity contribution in [2.24, 2.45) is 0 Å². The van der Waals surface area contributed by atoms with Crippen LogP contribution in [0.2, 0.25) is 0 Å². The van der Waals surface area contributed by atoms with Crippen LogP contribution in [-0.2, 0) is 6.42 Å². The number of phenolic OH excluding ortho intramolecular Hbond substituents is 1. The molecule has 0 spiro atoms. The third-order valence-electron chi connectivity index (χ3n) is 1.68. The Bertz CT molecular complexity index is 226. The van der Waals surface area contributed by atoms with Crippen LogP contribution in [0.3, 0.4) is 0 Å². The number of aromatic hydroxyl groups is 1. The minimum absolute atomic E-state index is 0. The first-order valence-corrected chi connectivity index (χ1v) is 3.64. The van der Waals surface area contributed by atoms with E-state index in [2.05, 4.69) is 0 Å². The van der Waals surface area contributed by atoms with Crippen molar-refractivity contribution in [3.05, 3.63) is 23.8 Å². The van der Waals surface area contributed by atoms with Gasteiger partial charge in [0.15, 0.2) is 11.5 Å². The van der Waals surface area contributed by atoms with Crippen molar-refractivity contribution in [1.82, 2.24) is 0 Å². The van der Waals surface area contributed by atoms with Crippen LogP contribution in [0.5, 0.6) is 11.5 Å². The van der Waals surface area contributed by atoms with Gasteiger partial charge in [0.2, 0.25) is 0 Å². The van der Waals surface area contributed by atoms with E-state index in [0.717, 1.165) is 12.0 Å². The molecule has 0 atom stereocenters. The molecule has 0 aromatic heterocycles. The van der Waals surface area contributed by atoms with Gasteiger partial charge >= 0.3 is 0 Å². The Kier molecular flexibility index (Phi) is 5.38. The molecule has 0 aliphatic heterocycles. The number of rotatable bonds is 2. The van der Waals surface area contributed by atoms with Crippen molar-refractivity contribution in [1.29, 1.82) is 0 Å². The van der Waals surface area contributed by atoms with Crippen molar-refractivity contribution in [2.45, 2.75) is 13.3 Å². The second-order valence-electron chi connectivity index (χ2n) is 2.32. The van der Waals surface area contributed by atoms with E-state index in [9.17, 15) is 5.11 Å². The predicted octanol–water partition coefficient (Wildman–Crippen LogP) is 1.58. The van der Waals surface area contributed by atoms with E-state index in [4.69, 9.17) is 4.74 Å². The van der Waals surface area contributed by atoms with E-state index in [1.807, 2.05) is 19.1 Å². The molecule has 0 aliphatic rings. The van der Waals surface area contributed by atoms with Crippen LogP contribution in [0.15, 0.2) is 18.2 Å². The van der Waals surface area contributed by atoms with E-state index >= 15 is 0 Å². The summed E-state index contributed by atoms with van der Waals surface area (Å²) < 4.78 is 4.94. The van der Waals surface area contributed by atoms with Crippen LogP contribution >= 0.6 is 0 Å². The minimum atomic E-state index is 0. The SMILES string of the molecule is CCc1cccc(OC)c1O.[Na]. The molecule has 61 valence electrons. The molecular formula is C9H12NaO2. The fraction of sp³-hybridized carbons (Fsp3) is 0.333. The van der Waals surface area contributed by atoms with Crippen LogP contribution in [0.25, 0.3) is 0 Å². The van der Waals surface area contributed by atoms with Gasteiger partial charge in [-0.2, -0.15) is 0 Å². The molecule has 1 rings (SSSR count). The fourth-order valence-corrected chi connectivity index (χ4v) is 1.02. The topological polar surface area (TPSA) is 29.5 Å².